The van der Waals surface area contributed by atoms with Crippen LogP contribution in [0.15, 0.2) is 24.3 Å². The molecule has 1 heterocycles. The Labute approximate surface area is 103 Å². The van der Waals surface area contributed by atoms with Crippen LogP contribution in [0.25, 0.3) is 0 Å². The molecule has 1 atom stereocenters. The lowest BCUT2D eigenvalue weighted by Crippen LogP contribution is -2.43. The molecule has 92 valence electrons. The van der Waals surface area contributed by atoms with Crippen LogP contribution < -0.4 is 4.90 Å². The van der Waals surface area contributed by atoms with Crippen LogP contribution in [0.5, 0.6) is 0 Å². The highest BCUT2D eigenvalue weighted by molar-refractivity contribution is 6.76. The second-order valence-electron chi connectivity index (χ2n) is 5.98. The first-order valence-corrected chi connectivity index (χ1v) is 9.56. The van der Waals surface area contributed by atoms with Crippen LogP contribution in [0.1, 0.15) is 5.56 Å². The van der Waals surface area contributed by atoms with Gasteiger partial charge in [-0.15, -0.1) is 0 Å². The van der Waals surface area contributed by atoms with Crippen molar-refractivity contribution in [2.45, 2.75) is 31.3 Å². The minimum Gasteiger partial charge on any atom is -0.375 e. The van der Waals surface area contributed by atoms with Gasteiger partial charge in [0, 0.05) is 26.4 Å². The minimum absolute atomic E-state index is 0.193. The highest BCUT2D eigenvalue weighted by Gasteiger charge is 2.50. The smallest absolute Gasteiger partial charge is 0.263 e. The summed E-state index contributed by atoms with van der Waals surface area (Å²) in [6.45, 7) is 6.50. The molecule has 0 aromatic heterocycles. The van der Waals surface area contributed by atoms with Crippen molar-refractivity contribution in [2.24, 2.45) is 0 Å². The molecule has 0 bridgehead atoms. The number of benzene rings is 1. The maximum atomic E-state index is 12.3. The van der Waals surface area contributed by atoms with Gasteiger partial charge >= 0.3 is 0 Å². The third kappa shape index (κ3) is 1.91. The topological polar surface area (TPSA) is 40.5 Å². The lowest BCUT2D eigenvalue weighted by Gasteiger charge is -2.28. The highest BCUT2D eigenvalue weighted by Crippen LogP contribution is 2.43. The van der Waals surface area contributed by atoms with Gasteiger partial charge in [-0.25, -0.2) is 0 Å². The fraction of sp³-hybridized carbons (Fsp3) is 0.462. The van der Waals surface area contributed by atoms with Crippen molar-refractivity contribution in [2.75, 3.05) is 11.9 Å². The molecule has 1 aliphatic rings. The van der Waals surface area contributed by atoms with Gasteiger partial charge in [-0.3, -0.25) is 4.79 Å². The van der Waals surface area contributed by atoms with E-state index in [0.29, 0.717) is 6.04 Å². The van der Waals surface area contributed by atoms with Crippen molar-refractivity contribution >= 4 is 19.7 Å². The van der Waals surface area contributed by atoms with Gasteiger partial charge in [-0.05, 0) is 12.1 Å². The van der Waals surface area contributed by atoms with Crippen LogP contribution in [0, 0.1) is 0 Å². The number of amides is 1. The Bertz CT molecular complexity index is 467. The molecule has 0 aliphatic carbocycles. The van der Waals surface area contributed by atoms with E-state index in [9.17, 15) is 9.90 Å². The summed E-state index contributed by atoms with van der Waals surface area (Å²) in [6.07, 6.45) is 0. The molecule has 2 rings (SSSR count). The molecule has 17 heavy (non-hydrogen) atoms. The Kier molecular flexibility index (Phi) is 2.67. The zero-order chi connectivity index (χ0) is 12.8. The molecule has 3 nitrogen and oxygen atoms in total. The van der Waals surface area contributed by atoms with Crippen LogP contribution >= 0.6 is 0 Å². The molecule has 1 amide bonds. The molecule has 0 radical (unpaired) electrons. The summed E-state index contributed by atoms with van der Waals surface area (Å²) in [4.78, 5) is 13.8. The van der Waals surface area contributed by atoms with Gasteiger partial charge in [0.25, 0.3) is 5.91 Å². The van der Waals surface area contributed by atoms with Crippen LogP contribution in [-0.2, 0) is 10.4 Å². The molecule has 1 aromatic rings. The first kappa shape index (κ1) is 12.3. The largest absolute Gasteiger partial charge is 0.375 e. The number of carbonyl (C=O) groups excluding carboxylic acids is 1. The first-order valence-electron chi connectivity index (χ1n) is 5.86. The number of nitrogens with zero attached hydrogens (tertiary/aromatic N) is 1. The summed E-state index contributed by atoms with van der Waals surface area (Å²) >= 11 is 0. The van der Waals surface area contributed by atoms with E-state index in [1.54, 1.807) is 11.9 Å². The van der Waals surface area contributed by atoms with E-state index in [1.165, 1.54) is 0 Å². The predicted molar refractivity (Wildman–Crippen MR) is 71.9 cm³/mol. The number of aliphatic hydroxyl groups is 1. The van der Waals surface area contributed by atoms with Gasteiger partial charge in [-0.2, -0.15) is 0 Å². The molecular formula is C13H19NO2Si. The highest BCUT2D eigenvalue weighted by atomic mass is 28.3. The lowest BCUT2D eigenvalue weighted by molar-refractivity contribution is -0.134. The summed E-state index contributed by atoms with van der Waals surface area (Å²) in [5.41, 5.74) is 0.281. The molecule has 0 saturated carbocycles. The summed E-state index contributed by atoms with van der Waals surface area (Å²) in [7, 11) is 0.194. The average Bonchev–Trinajstić information content (AvgIpc) is 2.40. The number of anilines is 1. The quantitative estimate of drug-likeness (QED) is 0.816. The molecule has 4 heteroatoms. The van der Waals surface area contributed by atoms with Gasteiger partial charge in [-0.1, -0.05) is 37.8 Å². The number of fused-ring (bicyclic) bond motifs is 1. The molecule has 1 unspecified atom stereocenters. The fourth-order valence-corrected chi connectivity index (χ4v) is 4.43. The number of hydrogen-bond donors (Lipinski definition) is 1. The third-order valence-corrected chi connectivity index (χ3v) is 4.73. The van der Waals surface area contributed by atoms with Crippen molar-refractivity contribution in [3.63, 3.8) is 0 Å². The van der Waals surface area contributed by atoms with Gasteiger partial charge in [0.15, 0.2) is 5.60 Å². The molecule has 1 aromatic carbocycles. The molecule has 0 saturated heterocycles. The second kappa shape index (κ2) is 3.68. The average molecular weight is 249 g/mol. The van der Waals surface area contributed by atoms with Gasteiger partial charge in [0.2, 0.25) is 0 Å². The summed E-state index contributed by atoms with van der Waals surface area (Å²) in [6, 6.07) is 8.08. The molecule has 1 N–H and O–H groups in total. The summed E-state index contributed by atoms with van der Waals surface area (Å²) < 4.78 is 0. The van der Waals surface area contributed by atoms with E-state index >= 15 is 0 Å². The van der Waals surface area contributed by atoms with E-state index in [1.807, 2.05) is 24.3 Å². The Morgan fingerprint density at radius 2 is 1.88 bits per heavy atom. The minimum atomic E-state index is -1.53. The van der Waals surface area contributed by atoms with E-state index in [4.69, 9.17) is 0 Å². The third-order valence-electron chi connectivity index (χ3n) is 3.16. The number of rotatable bonds is 2. The van der Waals surface area contributed by atoms with Crippen molar-refractivity contribution in [1.82, 2.24) is 0 Å². The normalized spacial score (nSPS) is 24.1. The van der Waals surface area contributed by atoms with Crippen molar-refractivity contribution in [1.29, 1.82) is 0 Å². The van der Waals surface area contributed by atoms with Crippen molar-refractivity contribution in [3.8, 4) is 0 Å². The zero-order valence-electron chi connectivity index (χ0n) is 10.8. The SMILES string of the molecule is CN1C(=O)C(O)(C[Si](C)(C)C)c2ccccc21. The molecule has 0 spiro atoms. The number of hydrogen-bond acceptors (Lipinski definition) is 2. The van der Waals surface area contributed by atoms with Gasteiger partial charge < -0.3 is 10.0 Å². The zero-order valence-corrected chi connectivity index (χ0v) is 11.8. The van der Waals surface area contributed by atoms with Crippen molar-refractivity contribution < 1.29 is 9.90 Å². The standard InChI is InChI=1S/C13H19NO2Si/c1-14-11-8-6-5-7-10(11)13(16,12(14)15)9-17(2,3)4/h5-8,16H,9H2,1-4H3. The fourth-order valence-electron chi connectivity index (χ4n) is 2.56. The molecular weight excluding hydrogens is 230 g/mol. The van der Waals surface area contributed by atoms with Crippen LogP contribution in [0.2, 0.25) is 25.7 Å². The first-order chi connectivity index (χ1) is 7.76. The number of likely N-dealkylation sites (N-methyl/N-ethyl adjacent to an activating group) is 1. The van der Waals surface area contributed by atoms with E-state index in [0.717, 1.165) is 11.3 Å². The summed E-state index contributed by atoms with van der Waals surface area (Å²) in [5, 5.41) is 10.8. The Morgan fingerprint density at radius 3 is 2.47 bits per heavy atom. The van der Waals surface area contributed by atoms with Gasteiger partial charge in [0.05, 0.1) is 0 Å². The van der Waals surface area contributed by atoms with E-state index in [-0.39, 0.29) is 5.91 Å². The lowest BCUT2D eigenvalue weighted by atomic mass is 9.98. The van der Waals surface area contributed by atoms with Crippen LogP contribution in [-0.4, -0.2) is 26.1 Å². The van der Waals surface area contributed by atoms with E-state index < -0.39 is 13.7 Å². The van der Waals surface area contributed by atoms with Crippen LogP contribution in [0.4, 0.5) is 5.69 Å². The number of para-hydroxylation sites is 1. The Balaban J connectivity index is 2.52. The molecule has 1 aliphatic heterocycles. The monoisotopic (exact) mass is 249 g/mol. The summed E-state index contributed by atoms with van der Waals surface area (Å²) in [5.74, 6) is -0.193. The van der Waals surface area contributed by atoms with E-state index in [2.05, 4.69) is 19.6 Å². The Hall–Kier alpha value is -1.13. The van der Waals surface area contributed by atoms with Crippen LogP contribution in [0.3, 0.4) is 0 Å². The maximum Gasteiger partial charge on any atom is 0.263 e. The Morgan fingerprint density at radius 1 is 1.29 bits per heavy atom. The molecule has 0 fully saturated rings. The van der Waals surface area contributed by atoms with Crippen molar-refractivity contribution in [3.05, 3.63) is 29.8 Å². The second-order valence-corrected chi connectivity index (χ2v) is 11.5. The predicted octanol–water partition coefficient (Wildman–Crippen LogP) is 2.19. The number of carbonyl (C=O) groups is 1. The van der Waals surface area contributed by atoms with Gasteiger partial charge in [0.1, 0.15) is 0 Å². The maximum absolute atomic E-state index is 12.3.